The summed E-state index contributed by atoms with van der Waals surface area (Å²) in [5.74, 6) is 3.90. The predicted octanol–water partition coefficient (Wildman–Crippen LogP) is 24.3. The number of nitrogens with zero attached hydrogens (tertiary/aromatic N) is 11. The van der Waals surface area contributed by atoms with E-state index in [1.54, 1.807) is 11.5 Å². The topological polar surface area (TPSA) is 144 Å². The molecule has 0 atom stereocenters. The minimum Gasteiger partial charge on any atom is -0.445 e. The maximum atomic E-state index is 5.69. The Hall–Kier alpha value is -4.76. The zero-order valence-electron chi connectivity index (χ0n) is 74.6. The third-order valence-corrected chi connectivity index (χ3v) is 19.3. The van der Waals surface area contributed by atoms with Crippen molar-refractivity contribution in [2.45, 2.75) is 408 Å². The largest absolute Gasteiger partial charge is 0.445 e. The lowest BCUT2D eigenvalue weighted by atomic mass is 9.78. The molecule has 15 heteroatoms. The highest BCUT2D eigenvalue weighted by molar-refractivity contribution is 7.11. The highest BCUT2D eigenvalue weighted by atomic mass is 32.1. The lowest BCUT2D eigenvalue weighted by molar-refractivity contribution is 0.321. The number of hydrogen-bond acceptors (Lipinski definition) is 12. The molecular weight excluding hydrogens is 1270 g/mol. The van der Waals surface area contributed by atoms with Crippen LogP contribution in [0.15, 0.2) is 8.94 Å². The summed E-state index contributed by atoms with van der Waals surface area (Å²) in [4.78, 5) is 16.7. The molecule has 0 N–H and O–H groups in total. The van der Waals surface area contributed by atoms with Gasteiger partial charge in [0.1, 0.15) is 17.3 Å². The Balaban J connectivity index is 0.000000583. The molecule has 0 saturated heterocycles. The quantitative estimate of drug-likeness (QED) is 0.144. The molecular formula is C85H153N11O2S2. The summed E-state index contributed by atoms with van der Waals surface area (Å²) in [6.45, 7) is 105. The smallest absolute Gasteiger partial charge is 0.191 e. The molecule has 0 aliphatic rings. The van der Waals surface area contributed by atoms with Crippen molar-refractivity contribution >= 4 is 22.9 Å². The normalized spacial score (nSPS) is 13.3. The summed E-state index contributed by atoms with van der Waals surface area (Å²) >= 11 is 3.50. The van der Waals surface area contributed by atoms with Gasteiger partial charge in [-0.05, 0) is 78.8 Å². The number of rotatable bonds is 0. The molecule has 572 valence electrons. The number of aromatic nitrogens is 11. The fraction of sp³-hybridized carbons (Fsp3) is 0.765. The molecule has 0 aliphatic heterocycles. The molecule has 100 heavy (non-hydrogen) atoms. The standard InChI is InChI=1S/2C13H24N2.2C12H21NO.2C12H21NS.C11H21N3/c1-9-14-10(12(2,3)4)11(15(9)8)13(5,6)7;1-9-10(12(2,3)4)11(13(5,6)7)15(8)14-9;1-8-13-9(11(2,3)4)10(14-8)12(5,6)7;1-8-9(11(2,3)4)10(14-13-8)12(5,6)7;1-8-13-9(11(2,3)4)10(14-8)12(5,6)7;1-8-9(11(2,3)4)10(14-13-8)12(5,6)7;1-10(2,3)8-9(11(4,5)6)14(7)13-12-8/h2*1-8H3;5*1-7H3. The molecule has 0 aliphatic carbocycles. The first-order valence-corrected chi connectivity index (χ1v) is 38.3. The minimum absolute atomic E-state index is 0.0316. The number of imidazole rings is 1. The van der Waals surface area contributed by atoms with Gasteiger partial charge in [-0.25, -0.2) is 15.0 Å². The van der Waals surface area contributed by atoms with Crippen LogP contribution >= 0.6 is 22.9 Å². The van der Waals surface area contributed by atoms with E-state index >= 15 is 0 Å². The van der Waals surface area contributed by atoms with E-state index in [2.05, 4.69) is 365 Å². The average molecular weight is 1430 g/mol. The van der Waals surface area contributed by atoms with Crippen molar-refractivity contribution in [1.82, 2.24) is 53.8 Å². The van der Waals surface area contributed by atoms with E-state index in [1.165, 1.54) is 65.6 Å². The van der Waals surface area contributed by atoms with Gasteiger partial charge in [0.15, 0.2) is 5.89 Å². The van der Waals surface area contributed by atoms with Crippen LogP contribution in [-0.2, 0) is 97.0 Å². The van der Waals surface area contributed by atoms with Gasteiger partial charge in [-0.1, -0.05) is 301 Å². The van der Waals surface area contributed by atoms with Crippen LogP contribution in [0.1, 0.15) is 402 Å². The zero-order chi connectivity index (χ0) is 79.8. The second-order valence-corrected chi connectivity index (χ2v) is 44.5. The SMILES string of the molecule is Cc1nc(C(C)(C)C)c(C(C)(C)C)n1C.Cc1nc(C(C)(C)C)c(C(C)(C)C)o1.Cc1nc(C(C)(C)C)c(C(C)(C)C)s1.Cc1nn(C)c(C(C)(C)C)c1C(C)(C)C.Cc1noc(C(C)(C)C)c1C(C)(C)C.Cc1nsc(C(C)(C)C)c1C(C)(C)C.Cn1nnc(C(C)(C)C)c1C(C)(C)C. The molecule has 7 aromatic heterocycles. The molecule has 0 fully saturated rings. The number of oxazole rings is 1. The van der Waals surface area contributed by atoms with E-state index in [-0.39, 0.29) is 75.8 Å². The Morgan fingerprint density at radius 1 is 0.320 bits per heavy atom. The van der Waals surface area contributed by atoms with Crippen LogP contribution in [0.3, 0.4) is 0 Å². The third kappa shape index (κ3) is 26.1. The maximum absolute atomic E-state index is 5.69. The molecule has 0 spiro atoms. The van der Waals surface area contributed by atoms with Crippen LogP contribution in [0.2, 0.25) is 0 Å². The summed E-state index contributed by atoms with van der Waals surface area (Å²) in [5, 5.41) is 18.2. The van der Waals surface area contributed by atoms with Crippen LogP contribution in [-0.4, -0.2) is 53.8 Å². The minimum atomic E-state index is 0.0316. The van der Waals surface area contributed by atoms with E-state index in [4.69, 9.17) is 13.9 Å². The van der Waals surface area contributed by atoms with Crippen LogP contribution in [0.25, 0.3) is 0 Å². The van der Waals surface area contributed by atoms with Gasteiger partial charge in [-0.2, -0.15) is 9.47 Å². The van der Waals surface area contributed by atoms with Crippen molar-refractivity contribution in [3.63, 3.8) is 0 Å². The van der Waals surface area contributed by atoms with Crippen molar-refractivity contribution < 1.29 is 8.94 Å². The van der Waals surface area contributed by atoms with Crippen molar-refractivity contribution in [2.24, 2.45) is 21.1 Å². The van der Waals surface area contributed by atoms with Crippen molar-refractivity contribution in [2.75, 3.05) is 0 Å². The Bertz CT molecular complexity index is 3330. The molecule has 0 bridgehead atoms. The highest BCUT2D eigenvalue weighted by Gasteiger charge is 2.37. The van der Waals surface area contributed by atoms with Crippen LogP contribution in [0, 0.1) is 41.5 Å². The molecule has 0 amide bonds. The van der Waals surface area contributed by atoms with E-state index in [9.17, 15) is 0 Å². The molecule has 0 unspecified atom stereocenters. The molecule has 7 rings (SSSR count). The summed E-state index contributed by atoms with van der Waals surface area (Å²) < 4.78 is 21.8. The third-order valence-electron chi connectivity index (χ3n) is 16.5. The van der Waals surface area contributed by atoms with E-state index in [0.717, 1.165) is 46.0 Å². The highest BCUT2D eigenvalue weighted by Crippen LogP contribution is 2.42. The lowest BCUT2D eigenvalue weighted by Gasteiger charge is -2.27. The van der Waals surface area contributed by atoms with Gasteiger partial charge >= 0.3 is 0 Å². The number of hydrogen-bond donors (Lipinski definition) is 0. The zero-order valence-corrected chi connectivity index (χ0v) is 76.2. The Morgan fingerprint density at radius 3 is 1.00 bits per heavy atom. The lowest BCUT2D eigenvalue weighted by Crippen LogP contribution is -2.24. The first-order valence-electron chi connectivity index (χ1n) is 36.7. The van der Waals surface area contributed by atoms with Gasteiger partial charge in [-0.15, -0.1) is 16.4 Å². The average Bonchev–Trinajstić information content (AvgIpc) is 1.64. The Morgan fingerprint density at radius 2 is 0.720 bits per heavy atom. The van der Waals surface area contributed by atoms with E-state index in [1.807, 2.05) is 48.6 Å². The Kier molecular flexibility index (Phi) is 29.8. The molecule has 13 nitrogen and oxygen atoms in total. The predicted molar refractivity (Wildman–Crippen MR) is 435 cm³/mol. The number of aryl methyl sites for hydroxylation is 8. The summed E-state index contributed by atoms with van der Waals surface area (Å²) in [7, 11) is 6.11. The first-order chi connectivity index (χ1) is 43.8. The Labute approximate surface area is 622 Å². The molecule has 7 heterocycles. The number of thiazole rings is 1. The summed E-state index contributed by atoms with van der Waals surface area (Å²) in [6.07, 6.45) is 0. The first kappa shape index (κ1) is 93.3. The van der Waals surface area contributed by atoms with Gasteiger partial charge in [0.05, 0.1) is 50.6 Å². The summed E-state index contributed by atoms with van der Waals surface area (Å²) in [5.41, 5.74) is 17.9. The van der Waals surface area contributed by atoms with Gasteiger partial charge in [-0.3, -0.25) is 9.36 Å². The van der Waals surface area contributed by atoms with Crippen LogP contribution in [0.5, 0.6) is 0 Å². The van der Waals surface area contributed by atoms with Gasteiger partial charge in [0.25, 0.3) is 0 Å². The van der Waals surface area contributed by atoms with Crippen LogP contribution in [0.4, 0.5) is 0 Å². The van der Waals surface area contributed by atoms with Gasteiger partial charge < -0.3 is 13.5 Å². The van der Waals surface area contributed by atoms with Crippen molar-refractivity contribution in [3.8, 4) is 0 Å². The van der Waals surface area contributed by atoms with Gasteiger partial charge in [0, 0.05) is 109 Å². The molecule has 0 radical (unpaired) electrons. The van der Waals surface area contributed by atoms with Crippen LogP contribution < -0.4 is 0 Å². The van der Waals surface area contributed by atoms with Gasteiger partial charge in [0.2, 0.25) is 0 Å². The second kappa shape index (κ2) is 31.9. The van der Waals surface area contributed by atoms with Crippen molar-refractivity contribution in [1.29, 1.82) is 0 Å². The maximum Gasteiger partial charge on any atom is 0.191 e. The fourth-order valence-electron chi connectivity index (χ4n) is 12.5. The fourth-order valence-corrected chi connectivity index (χ4v) is 14.9. The van der Waals surface area contributed by atoms with E-state index < -0.39 is 0 Å². The molecule has 0 saturated carbocycles. The molecule has 0 aromatic carbocycles. The monoisotopic (exact) mass is 1420 g/mol. The summed E-state index contributed by atoms with van der Waals surface area (Å²) in [6, 6.07) is 0. The molecule has 7 aromatic rings. The second-order valence-electron chi connectivity index (χ2n) is 42.5. The van der Waals surface area contributed by atoms with E-state index in [0.29, 0.717) is 0 Å². The van der Waals surface area contributed by atoms with Crippen molar-refractivity contribution in [3.05, 3.63) is 112 Å².